The van der Waals surface area contributed by atoms with Gasteiger partial charge in [0.15, 0.2) is 0 Å². The van der Waals surface area contributed by atoms with Crippen LogP contribution >= 0.6 is 0 Å². The highest BCUT2D eigenvalue weighted by Gasteiger charge is 2.21. The third-order valence-corrected chi connectivity index (χ3v) is 6.35. The summed E-state index contributed by atoms with van der Waals surface area (Å²) in [5, 5.41) is 4.17. The number of aromatic nitrogens is 1. The molecular formula is C21H27N3O3S. The molecule has 0 aliphatic rings. The van der Waals surface area contributed by atoms with Gasteiger partial charge in [-0.25, -0.2) is 12.4 Å². The van der Waals surface area contributed by atoms with Crippen LogP contribution in [0.25, 0.3) is 10.9 Å². The van der Waals surface area contributed by atoms with Crippen LogP contribution in [0.4, 0.5) is 5.69 Å². The largest absolute Gasteiger partial charge is 0.497 e. The third-order valence-electron chi connectivity index (χ3n) is 4.68. The van der Waals surface area contributed by atoms with Gasteiger partial charge in [-0.2, -0.15) is 0 Å². The molecule has 0 aliphatic carbocycles. The Bertz CT molecular complexity index is 1070. The number of benzene rings is 2. The molecule has 0 spiro atoms. The number of nitrogens with one attached hydrogen (secondary N) is 1. The van der Waals surface area contributed by atoms with E-state index < -0.39 is 10.0 Å². The zero-order chi connectivity index (χ0) is 20.3. The minimum absolute atomic E-state index is 0.262. The van der Waals surface area contributed by atoms with Gasteiger partial charge in [0.1, 0.15) is 5.75 Å². The van der Waals surface area contributed by atoms with E-state index in [4.69, 9.17) is 4.74 Å². The molecule has 0 atom stereocenters. The van der Waals surface area contributed by atoms with Gasteiger partial charge in [-0.05, 0) is 75.9 Å². The Morgan fingerprint density at radius 1 is 1.14 bits per heavy atom. The van der Waals surface area contributed by atoms with Crippen LogP contribution in [0.2, 0.25) is 0 Å². The monoisotopic (exact) mass is 401 g/mol. The van der Waals surface area contributed by atoms with Crippen molar-refractivity contribution in [3.63, 3.8) is 0 Å². The molecule has 0 aliphatic heterocycles. The Kier molecular flexibility index (Phi) is 5.96. The minimum atomic E-state index is -3.70. The van der Waals surface area contributed by atoms with Crippen molar-refractivity contribution in [1.29, 1.82) is 0 Å². The number of anilines is 1. The number of fused-ring (bicyclic) bond motifs is 1. The van der Waals surface area contributed by atoms with Crippen molar-refractivity contribution in [3.8, 4) is 5.75 Å². The number of nitrogens with zero attached hydrogens (tertiary/aromatic N) is 2. The standard InChI is InChI=1S/C21H27N3O3S/c1-16-15-24(21-10-9-18(27-4)14-20(16)21)28(25,26)19-8-5-7-17(13-19)22-11-6-12-23(2)3/h5,7-10,13-15,22H,6,11-12H2,1-4H3. The highest BCUT2D eigenvalue weighted by atomic mass is 32.2. The van der Waals surface area contributed by atoms with Crippen LogP contribution in [0.1, 0.15) is 12.0 Å². The summed E-state index contributed by atoms with van der Waals surface area (Å²) in [6.45, 7) is 3.66. The second-order valence-corrected chi connectivity index (χ2v) is 8.92. The number of hydrogen-bond donors (Lipinski definition) is 1. The van der Waals surface area contributed by atoms with E-state index in [2.05, 4.69) is 10.2 Å². The van der Waals surface area contributed by atoms with Crippen LogP contribution in [0.3, 0.4) is 0 Å². The number of rotatable bonds is 8. The lowest BCUT2D eigenvalue weighted by Gasteiger charge is -2.12. The van der Waals surface area contributed by atoms with E-state index in [1.54, 1.807) is 43.6 Å². The van der Waals surface area contributed by atoms with Gasteiger partial charge in [0, 0.05) is 23.8 Å². The molecule has 1 N–H and O–H groups in total. The molecule has 0 bridgehead atoms. The van der Waals surface area contributed by atoms with Crippen molar-refractivity contribution >= 4 is 26.6 Å². The van der Waals surface area contributed by atoms with Crippen LogP contribution < -0.4 is 10.1 Å². The highest BCUT2D eigenvalue weighted by Crippen LogP contribution is 2.29. The topological polar surface area (TPSA) is 63.6 Å². The first-order valence-corrected chi connectivity index (χ1v) is 10.7. The first-order valence-electron chi connectivity index (χ1n) is 9.23. The maximum absolute atomic E-state index is 13.3. The lowest BCUT2D eigenvalue weighted by Crippen LogP contribution is -2.16. The Morgan fingerprint density at radius 3 is 2.64 bits per heavy atom. The lowest BCUT2D eigenvalue weighted by molar-refractivity contribution is 0.405. The Hall–Kier alpha value is -2.51. The van der Waals surface area contributed by atoms with Gasteiger partial charge in [0.25, 0.3) is 10.0 Å². The quantitative estimate of drug-likeness (QED) is 0.585. The van der Waals surface area contributed by atoms with Crippen molar-refractivity contribution in [3.05, 3.63) is 54.2 Å². The molecule has 0 radical (unpaired) electrons. The number of methoxy groups -OCH3 is 1. The zero-order valence-corrected chi connectivity index (χ0v) is 17.6. The Balaban J connectivity index is 1.91. The Labute approximate surface area is 166 Å². The van der Waals surface area contributed by atoms with Crippen molar-refractivity contribution in [2.75, 3.05) is 39.6 Å². The summed E-state index contributed by atoms with van der Waals surface area (Å²) in [6.07, 6.45) is 2.64. The van der Waals surface area contributed by atoms with Crippen LogP contribution in [0, 0.1) is 6.92 Å². The van der Waals surface area contributed by atoms with E-state index in [0.29, 0.717) is 11.3 Å². The molecular weight excluding hydrogens is 374 g/mol. The van der Waals surface area contributed by atoms with E-state index in [0.717, 1.165) is 36.1 Å². The molecule has 1 heterocycles. The second-order valence-electron chi connectivity index (χ2n) is 7.11. The van der Waals surface area contributed by atoms with Crippen LogP contribution in [-0.4, -0.2) is 51.6 Å². The fourth-order valence-corrected chi connectivity index (χ4v) is 4.64. The van der Waals surface area contributed by atoms with Crippen molar-refractivity contribution in [2.45, 2.75) is 18.2 Å². The summed E-state index contributed by atoms with van der Waals surface area (Å²) in [6, 6.07) is 12.4. The predicted octanol–water partition coefficient (Wildman–Crippen LogP) is 3.56. The van der Waals surface area contributed by atoms with Gasteiger partial charge < -0.3 is 15.0 Å². The molecule has 3 aromatic rings. The molecule has 0 fully saturated rings. The number of hydrogen-bond acceptors (Lipinski definition) is 5. The molecule has 150 valence electrons. The van der Waals surface area contributed by atoms with E-state index in [-0.39, 0.29) is 4.90 Å². The fourth-order valence-electron chi connectivity index (χ4n) is 3.17. The van der Waals surface area contributed by atoms with Crippen molar-refractivity contribution in [2.24, 2.45) is 0 Å². The van der Waals surface area contributed by atoms with Gasteiger partial charge in [0.2, 0.25) is 0 Å². The van der Waals surface area contributed by atoms with E-state index in [1.165, 1.54) is 3.97 Å². The highest BCUT2D eigenvalue weighted by molar-refractivity contribution is 7.90. The molecule has 2 aromatic carbocycles. The molecule has 3 rings (SSSR count). The molecule has 0 unspecified atom stereocenters. The fraction of sp³-hybridized carbons (Fsp3) is 0.333. The van der Waals surface area contributed by atoms with Gasteiger partial charge in [-0.15, -0.1) is 0 Å². The van der Waals surface area contributed by atoms with E-state index in [1.807, 2.05) is 33.2 Å². The summed E-state index contributed by atoms with van der Waals surface area (Å²) in [5.74, 6) is 0.703. The Morgan fingerprint density at radius 2 is 1.93 bits per heavy atom. The van der Waals surface area contributed by atoms with E-state index in [9.17, 15) is 8.42 Å². The SMILES string of the molecule is COc1ccc2c(c1)c(C)cn2S(=O)(=O)c1cccc(NCCCN(C)C)c1. The smallest absolute Gasteiger partial charge is 0.268 e. The minimum Gasteiger partial charge on any atom is -0.497 e. The third kappa shape index (κ3) is 4.15. The first kappa shape index (κ1) is 20.2. The van der Waals surface area contributed by atoms with Crippen LogP contribution in [-0.2, 0) is 10.0 Å². The molecule has 0 amide bonds. The average Bonchev–Trinajstić information content (AvgIpc) is 3.02. The summed E-state index contributed by atoms with van der Waals surface area (Å²) < 4.78 is 33.2. The van der Waals surface area contributed by atoms with Gasteiger partial charge in [-0.1, -0.05) is 6.07 Å². The maximum atomic E-state index is 13.3. The lowest BCUT2D eigenvalue weighted by atomic mass is 10.2. The van der Waals surface area contributed by atoms with Crippen LogP contribution in [0.5, 0.6) is 5.75 Å². The van der Waals surface area contributed by atoms with Gasteiger partial charge in [-0.3, -0.25) is 0 Å². The summed E-state index contributed by atoms with van der Waals surface area (Å²) in [7, 11) is 1.96. The number of aryl methyl sites for hydroxylation is 1. The van der Waals surface area contributed by atoms with E-state index >= 15 is 0 Å². The average molecular weight is 402 g/mol. The summed E-state index contributed by atoms with van der Waals surface area (Å²) in [5.41, 5.74) is 2.33. The van der Waals surface area contributed by atoms with Crippen LogP contribution in [0.15, 0.2) is 53.6 Å². The summed E-state index contributed by atoms with van der Waals surface area (Å²) >= 11 is 0. The van der Waals surface area contributed by atoms with Gasteiger partial charge in [0.05, 0.1) is 17.5 Å². The van der Waals surface area contributed by atoms with Gasteiger partial charge >= 0.3 is 0 Å². The second kappa shape index (κ2) is 8.24. The molecule has 0 saturated carbocycles. The predicted molar refractivity (Wildman–Crippen MR) is 114 cm³/mol. The first-order chi connectivity index (χ1) is 13.3. The molecule has 7 heteroatoms. The normalized spacial score (nSPS) is 11.9. The van der Waals surface area contributed by atoms with Crippen molar-refractivity contribution < 1.29 is 13.2 Å². The molecule has 28 heavy (non-hydrogen) atoms. The maximum Gasteiger partial charge on any atom is 0.268 e. The zero-order valence-electron chi connectivity index (χ0n) is 16.8. The number of ether oxygens (including phenoxy) is 1. The molecule has 1 aromatic heterocycles. The summed E-state index contributed by atoms with van der Waals surface area (Å²) in [4.78, 5) is 2.38. The van der Waals surface area contributed by atoms with Crippen molar-refractivity contribution in [1.82, 2.24) is 8.87 Å². The molecule has 0 saturated heterocycles. The molecule has 6 nitrogen and oxygen atoms in total.